The third-order valence-electron chi connectivity index (χ3n) is 2.74. The minimum Gasteiger partial charge on any atom is -0.462 e. The first kappa shape index (κ1) is 20.3. The molecule has 0 aromatic carbocycles. The van der Waals surface area contributed by atoms with Crippen molar-refractivity contribution in [2.24, 2.45) is 0 Å². The summed E-state index contributed by atoms with van der Waals surface area (Å²) in [4.78, 5) is 34.2. The van der Waals surface area contributed by atoms with E-state index in [2.05, 4.69) is 11.3 Å². The van der Waals surface area contributed by atoms with Crippen LogP contribution in [0.25, 0.3) is 0 Å². The zero-order valence-electron chi connectivity index (χ0n) is 13.8. The van der Waals surface area contributed by atoms with Crippen molar-refractivity contribution >= 4 is 17.7 Å². The zero-order valence-corrected chi connectivity index (χ0v) is 13.8. The van der Waals surface area contributed by atoms with E-state index in [0.29, 0.717) is 6.42 Å². The third kappa shape index (κ3) is 9.28. The fourth-order valence-electron chi connectivity index (χ4n) is 1.78. The van der Waals surface area contributed by atoms with Crippen LogP contribution in [0.4, 0.5) is 0 Å². The summed E-state index contributed by atoms with van der Waals surface area (Å²) in [5.74, 6) is -1.03. The molecule has 6 nitrogen and oxygen atoms in total. The molecular formula is C16H26O6. The molecule has 22 heavy (non-hydrogen) atoms. The van der Waals surface area contributed by atoms with Crippen LogP contribution in [0.15, 0.2) is 12.7 Å². The van der Waals surface area contributed by atoms with Crippen LogP contribution in [0.5, 0.6) is 0 Å². The first-order chi connectivity index (χ1) is 10.2. The highest BCUT2D eigenvalue weighted by molar-refractivity contribution is 5.86. The Labute approximate surface area is 131 Å². The van der Waals surface area contributed by atoms with Gasteiger partial charge in [0.1, 0.15) is 18.8 Å². The Morgan fingerprint density at radius 1 is 1.09 bits per heavy atom. The van der Waals surface area contributed by atoms with Crippen LogP contribution in [0.2, 0.25) is 0 Å². The van der Waals surface area contributed by atoms with Crippen molar-refractivity contribution in [3.8, 4) is 0 Å². The van der Waals surface area contributed by atoms with Crippen molar-refractivity contribution in [1.29, 1.82) is 0 Å². The third-order valence-corrected chi connectivity index (χ3v) is 2.74. The predicted molar refractivity (Wildman–Crippen MR) is 81.3 cm³/mol. The zero-order chi connectivity index (χ0) is 17.2. The highest BCUT2D eigenvalue weighted by atomic mass is 16.6. The standard InChI is InChI=1S/C16H26O6/c1-6-14(18)20-10-11-21-15(19)9-7-8-13(17)16(4,5)22-12(2)3/h6,12H,1,7-11H2,2-5H3. The Balaban J connectivity index is 3.86. The van der Waals surface area contributed by atoms with Gasteiger partial charge in [-0.2, -0.15) is 0 Å². The number of carbonyl (C=O) groups excluding carboxylic acids is 3. The number of ether oxygens (including phenoxy) is 3. The van der Waals surface area contributed by atoms with Crippen LogP contribution in [-0.2, 0) is 28.6 Å². The monoisotopic (exact) mass is 314 g/mol. The highest BCUT2D eigenvalue weighted by Gasteiger charge is 2.28. The number of ketones is 1. The number of hydrogen-bond acceptors (Lipinski definition) is 6. The van der Waals surface area contributed by atoms with Gasteiger partial charge in [0.2, 0.25) is 0 Å². The molecule has 0 aliphatic carbocycles. The number of carbonyl (C=O) groups is 3. The predicted octanol–water partition coefficient (Wildman–Crippen LogP) is 2.20. The summed E-state index contributed by atoms with van der Waals surface area (Å²) >= 11 is 0. The molecule has 0 atom stereocenters. The van der Waals surface area contributed by atoms with E-state index in [0.717, 1.165) is 6.08 Å². The van der Waals surface area contributed by atoms with E-state index in [1.165, 1.54) is 0 Å². The molecule has 0 fully saturated rings. The molecular weight excluding hydrogens is 288 g/mol. The van der Waals surface area contributed by atoms with Crippen molar-refractivity contribution in [2.75, 3.05) is 13.2 Å². The molecule has 0 bridgehead atoms. The smallest absolute Gasteiger partial charge is 0.330 e. The first-order valence-electron chi connectivity index (χ1n) is 7.35. The van der Waals surface area contributed by atoms with Crippen molar-refractivity contribution in [1.82, 2.24) is 0 Å². The number of rotatable bonds is 11. The van der Waals surface area contributed by atoms with Crippen LogP contribution >= 0.6 is 0 Å². The van der Waals surface area contributed by atoms with Gasteiger partial charge in [0.25, 0.3) is 0 Å². The average molecular weight is 314 g/mol. The molecule has 0 saturated carbocycles. The molecule has 0 aromatic rings. The van der Waals surface area contributed by atoms with E-state index in [4.69, 9.17) is 9.47 Å². The van der Waals surface area contributed by atoms with Crippen LogP contribution < -0.4 is 0 Å². The van der Waals surface area contributed by atoms with Gasteiger partial charge in [0.15, 0.2) is 5.78 Å². The quantitative estimate of drug-likeness (QED) is 0.330. The van der Waals surface area contributed by atoms with E-state index in [9.17, 15) is 14.4 Å². The lowest BCUT2D eigenvalue weighted by Gasteiger charge is -2.26. The largest absolute Gasteiger partial charge is 0.462 e. The molecule has 0 aliphatic rings. The molecule has 0 radical (unpaired) electrons. The van der Waals surface area contributed by atoms with Gasteiger partial charge in [-0.1, -0.05) is 6.58 Å². The fraction of sp³-hybridized carbons (Fsp3) is 0.688. The molecule has 0 unspecified atom stereocenters. The molecule has 0 spiro atoms. The van der Waals surface area contributed by atoms with Gasteiger partial charge >= 0.3 is 11.9 Å². The van der Waals surface area contributed by atoms with Gasteiger partial charge in [0, 0.05) is 18.9 Å². The van der Waals surface area contributed by atoms with Crippen LogP contribution in [0.3, 0.4) is 0 Å². The van der Waals surface area contributed by atoms with Crippen molar-refractivity contribution < 1.29 is 28.6 Å². The number of Topliss-reactive ketones (excluding diaryl/α,β-unsaturated/α-hetero) is 1. The summed E-state index contributed by atoms with van der Waals surface area (Å²) in [6.45, 7) is 10.4. The molecule has 0 N–H and O–H groups in total. The topological polar surface area (TPSA) is 78.9 Å². The lowest BCUT2D eigenvalue weighted by Crippen LogP contribution is -2.37. The van der Waals surface area contributed by atoms with E-state index in [1.54, 1.807) is 13.8 Å². The minimum absolute atomic E-state index is 0.00564. The van der Waals surface area contributed by atoms with Crippen LogP contribution in [0, 0.1) is 0 Å². The summed E-state index contributed by atoms with van der Waals surface area (Å²) in [6, 6.07) is 0. The highest BCUT2D eigenvalue weighted by Crippen LogP contribution is 2.17. The Hall–Kier alpha value is -1.69. The molecule has 126 valence electrons. The Kier molecular flexibility index (Phi) is 9.33. The summed E-state index contributed by atoms with van der Waals surface area (Å²) in [5.41, 5.74) is -0.850. The van der Waals surface area contributed by atoms with Gasteiger partial charge in [-0.3, -0.25) is 9.59 Å². The maximum absolute atomic E-state index is 12.0. The molecule has 0 heterocycles. The van der Waals surface area contributed by atoms with Gasteiger partial charge < -0.3 is 14.2 Å². The van der Waals surface area contributed by atoms with Gasteiger partial charge in [-0.15, -0.1) is 0 Å². The molecule has 0 amide bonds. The normalized spacial score (nSPS) is 11.1. The molecule has 0 aliphatic heterocycles. The lowest BCUT2D eigenvalue weighted by atomic mass is 9.98. The second kappa shape index (κ2) is 10.1. The SMILES string of the molecule is C=CC(=O)OCCOC(=O)CCCC(=O)C(C)(C)OC(C)C. The van der Waals surface area contributed by atoms with Crippen molar-refractivity contribution in [3.05, 3.63) is 12.7 Å². The van der Waals surface area contributed by atoms with Gasteiger partial charge in [0.05, 0.1) is 6.10 Å². The second-order valence-corrected chi connectivity index (χ2v) is 5.55. The lowest BCUT2D eigenvalue weighted by molar-refractivity contribution is -0.150. The van der Waals surface area contributed by atoms with E-state index in [1.807, 2.05) is 13.8 Å². The van der Waals surface area contributed by atoms with E-state index in [-0.39, 0.29) is 37.9 Å². The van der Waals surface area contributed by atoms with E-state index >= 15 is 0 Å². The first-order valence-corrected chi connectivity index (χ1v) is 7.35. The average Bonchev–Trinajstić information content (AvgIpc) is 2.41. The molecule has 0 saturated heterocycles. The molecule has 0 aromatic heterocycles. The van der Waals surface area contributed by atoms with Gasteiger partial charge in [-0.25, -0.2) is 4.79 Å². The number of esters is 2. The van der Waals surface area contributed by atoms with Crippen molar-refractivity contribution in [2.45, 2.75) is 58.7 Å². The van der Waals surface area contributed by atoms with Crippen LogP contribution in [-0.4, -0.2) is 42.6 Å². The van der Waals surface area contributed by atoms with Crippen LogP contribution in [0.1, 0.15) is 47.0 Å². The Morgan fingerprint density at radius 2 is 1.68 bits per heavy atom. The van der Waals surface area contributed by atoms with Crippen molar-refractivity contribution in [3.63, 3.8) is 0 Å². The summed E-state index contributed by atoms with van der Waals surface area (Å²) < 4.78 is 15.1. The maximum atomic E-state index is 12.0. The fourth-order valence-corrected chi connectivity index (χ4v) is 1.78. The Morgan fingerprint density at radius 3 is 2.23 bits per heavy atom. The summed E-state index contributed by atoms with van der Waals surface area (Å²) in [6.07, 6.45) is 1.78. The number of hydrogen-bond donors (Lipinski definition) is 0. The minimum atomic E-state index is -0.850. The molecule has 0 rings (SSSR count). The van der Waals surface area contributed by atoms with Gasteiger partial charge in [-0.05, 0) is 34.1 Å². The molecule has 6 heteroatoms. The second-order valence-electron chi connectivity index (χ2n) is 5.55. The summed E-state index contributed by atoms with van der Waals surface area (Å²) in [5, 5.41) is 0. The van der Waals surface area contributed by atoms with E-state index < -0.39 is 17.5 Å². The Bertz CT molecular complexity index is 397. The maximum Gasteiger partial charge on any atom is 0.330 e. The summed E-state index contributed by atoms with van der Waals surface area (Å²) in [7, 11) is 0.